The Kier molecular flexibility index (Phi) is 4.31. The Hall–Kier alpha value is -1.33. The Morgan fingerprint density at radius 2 is 1.81 bits per heavy atom. The molecule has 1 atom stereocenters. The Morgan fingerprint density at radius 3 is 2.48 bits per heavy atom. The normalized spacial score (nSPS) is 24.4. The number of piperidine rings is 1. The zero-order chi connectivity index (χ0) is 14.8. The molecule has 3 nitrogen and oxygen atoms in total. The van der Waals surface area contributed by atoms with Crippen LogP contribution in [0.4, 0.5) is 8.78 Å². The van der Waals surface area contributed by atoms with Crippen molar-refractivity contribution < 1.29 is 13.6 Å². The maximum Gasteiger partial charge on any atom is 0.185 e. The van der Waals surface area contributed by atoms with Crippen molar-refractivity contribution in [3.05, 3.63) is 35.4 Å². The number of benzene rings is 1. The van der Waals surface area contributed by atoms with Crippen molar-refractivity contribution in [3.8, 4) is 0 Å². The molecule has 0 spiro atoms. The number of hydrogen-bond acceptors (Lipinski definition) is 3. The first-order valence-corrected chi connectivity index (χ1v) is 7.63. The molecule has 5 heteroatoms. The maximum absolute atomic E-state index is 13.8. The molecule has 2 aliphatic rings. The second-order valence-corrected chi connectivity index (χ2v) is 5.84. The Balaban J connectivity index is 1.83. The molecule has 2 saturated heterocycles. The predicted molar refractivity (Wildman–Crippen MR) is 76.3 cm³/mol. The van der Waals surface area contributed by atoms with Crippen LogP contribution in [0.2, 0.25) is 0 Å². The summed E-state index contributed by atoms with van der Waals surface area (Å²) in [5.74, 6) is -1.91. The van der Waals surface area contributed by atoms with Crippen molar-refractivity contribution in [2.75, 3.05) is 19.6 Å². The summed E-state index contributed by atoms with van der Waals surface area (Å²) in [7, 11) is 0. The number of nitrogens with one attached hydrogen (secondary N) is 1. The molecule has 0 amide bonds. The van der Waals surface area contributed by atoms with Gasteiger partial charge >= 0.3 is 0 Å². The second-order valence-electron chi connectivity index (χ2n) is 5.84. The molecule has 0 aromatic heterocycles. The molecule has 2 aliphatic heterocycles. The molecule has 1 aromatic rings. The van der Waals surface area contributed by atoms with E-state index in [1.54, 1.807) is 0 Å². The van der Waals surface area contributed by atoms with Gasteiger partial charge in [-0.05, 0) is 57.5 Å². The summed E-state index contributed by atoms with van der Waals surface area (Å²) in [5.41, 5.74) is -0.372. The quantitative estimate of drug-likeness (QED) is 0.869. The fourth-order valence-electron chi connectivity index (χ4n) is 3.55. The van der Waals surface area contributed by atoms with Crippen LogP contribution in [0.15, 0.2) is 18.2 Å². The minimum absolute atomic E-state index is 0.345. The largest absolute Gasteiger partial charge is 0.317 e. The summed E-state index contributed by atoms with van der Waals surface area (Å²) >= 11 is 0. The van der Waals surface area contributed by atoms with E-state index in [0.29, 0.717) is 12.5 Å². The lowest BCUT2D eigenvalue weighted by Gasteiger charge is -2.35. The molecule has 0 aliphatic carbocycles. The number of carbonyl (C=O) groups is 1. The summed E-state index contributed by atoms with van der Waals surface area (Å²) in [6, 6.07) is 3.57. The van der Waals surface area contributed by atoms with Crippen LogP contribution in [-0.2, 0) is 0 Å². The van der Waals surface area contributed by atoms with Gasteiger partial charge in [-0.3, -0.25) is 9.69 Å². The van der Waals surface area contributed by atoms with E-state index in [9.17, 15) is 13.6 Å². The van der Waals surface area contributed by atoms with Crippen LogP contribution >= 0.6 is 0 Å². The van der Waals surface area contributed by atoms with Gasteiger partial charge in [0.2, 0.25) is 0 Å². The molecule has 1 aromatic carbocycles. The van der Waals surface area contributed by atoms with E-state index in [2.05, 4.69) is 10.2 Å². The van der Waals surface area contributed by atoms with Crippen molar-refractivity contribution in [3.63, 3.8) is 0 Å². The van der Waals surface area contributed by atoms with E-state index in [0.717, 1.165) is 51.0 Å². The molecule has 1 unspecified atom stereocenters. The Bertz CT molecular complexity index is 509. The topological polar surface area (TPSA) is 32.3 Å². The highest BCUT2D eigenvalue weighted by Gasteiger charge is 2.37. The number of Topliss-reactive ketones (excluding diaryl/α,β-unsaturated/α-hetero) is 1. The lowest BCUT2D eigenvalue weighted by Crippen LogP contribution is -2.48. The van der Waals surface area contributed by atoms with E-state index in [1.165, 1.54) is 6.07 Å². The number of likely N-dealkylation sites (tertiary alicyclic amines) is 1. The van der Waals surface area contributed by atoms with Crippen LogP contribution in [-0.4, -0.2) is 42.4 Å². The van der Waals surface area contributed by atoms with Gasteiger partial charge in [-0.2, -0.15) is 0 Å². The molecule has 0 saturated carbocycles. The average molecular weight is 294 g/mol. The molecule has 1 N–H and O–H groups in total. The summed E-state index contributed by atoms with van der Waals surface area (Å²) < 4.78 is 27.7. The predicted octanol–water partition coefficient (Wildman–Crippen LogP) is 2.36. The molecule has 2 heterocycles. The third-order valence-electron chi connectivity index (χ3n) is 4.58. The number of nitrogens with zero attached hydrogens (tertiary/aromatic N) is 1. The number of hydrogen-bond donors (Lipinski definition) is 1. The van der Waals surface area contributed by atoms with Crippen LogP contribution in [0.3, 0.4) is 0 Å². The van der Waals surface area contributed by atoms with Gasteiger partial charge in [0.05, 0.1) is 11.6 Å². The van der Waals surface area contributed by atoms with Crippen LogP contribution in [0.5, 0.6) is 0 Å². The molecule has 2 fully saturated rings. The monoisotopic (exact) mass is 294 g/mol. The minimum Gasteiger partial charge on any atom is -0.317 e. The zero-order valence-corrected chi connectivity index (χ0v) is 11.9. The van der Waals surface area contributed by atoms with Gasteiger partial charge in [-0.25, -0.2) is 8.78 Å². The minimum atomic E-state index is -0.753. The van der Waals surface area contributed by atoms with Gasteiger partial charge in [-0.1, -0.05) is 6.07 Å². The van der Waals surface area contributed by atoms with Crippen molar-refractivity contribution in [2.24, 2.45) is 0 Å². The highest BCUT2D eigenvalue weighted by Crippen LogP contribution is 2.28. The smallest absolute Gasteiger partial charge is 0.185 e. The molecule has 3 rings (SSSR count). The van der Waals surface area contributed by atoms with Gasteiger partial charge in [0, 0.05) is 6.04 Å². The second kappa shape index (κ2) is 6.20. The van der Waals surface area contributed by atoms with E-state index >= 15 is 0 Å². The zero-order valence-electron chi connectivity index (χ0n) is 11.9. The third-order valence-corrected chi connectivity index (χ3v) is 4.58. The van der Waals surface area contributed by atoms with Gasteiger partial charge < -0.3 is 5.32 Å². The SMILES string of the molecule is O=C(c1c(F)cccc1F)C1CCCN1C1CCNCC1. The van der Waals surface area contributed by atoms with Crippen LogP contribution in [0.1, 0.15) is 36.0 Å². The lowest BCUT2D eigenvalue weighted by molar-refractivity contribution is 0.0775. The van der Waals surface area contributed by atoms with E-state index in [-0.39, 0.29) is 11.6 Å². The summed E-state index contributed by atoms with van der Waals surface area (Å²) in [5, 5.41) is 3.30. The van der Waals surface area contributed by atoms with Crippen molar-refractivity contribution in [1.82, 2.24) is 10.2 Å². The fourth-order valence-corrected chi connectivity index (χ4v) is 3.55. The summed E-state index contributed by atoms with van der Waals surface area (Å²) in [6.07, 6.45) is 3.58. The lowest BCUT2D eigenvalue weighted by atomic mass is 9.98. The standard InChI is InChI=1S/C16H20F2N2O/c17-12-3-1-4-13(18)15(12)16(21)14-5-2-10-20(14)11-6-8-19-9-7-11/h1,3-4,11,14,19H,2,5-10H2. The highest BCUT2D eigenvalue weighted by atomic mass is 19.1. The van der Waals surface area contributed by atoms with E-state index < -0.39 is 17.4 Å². The first kappa shape index (κ1) is 14.6. The number of rotatable bonds is 3. The number of halogens is 2. The van der Waals surface area contributed by atoms with Gasteiger partial charge in [0.25, 0.3) is 0 Å². The average Bonchev–Trinajstić information content (AvgIpc) is 2.97. The van der Waals surface area contributed by atoms with Crippen LogP contribution in [0.25, 0.3) is 0 Å². The molecule has 114 valence electrons. The van der Waals surface area contributed by atoms with Crippen LogP contribution in [0, 0.1) is 11.6 Å². The molecule has 21 heavy (non-hydrogen) atoms. The molecule has 0 radical (unpaired) electrons. The van der Waals surface area contributed by atoms with Crippen LogP contribution < -0.4 is 5.32 Å². The number of carbonyl (C=O) groups excluding carboxylic acids is 1. The fraction of sp³-hybridized carbons (Fsp3) is 0.562. The summed E-state index contributed by atoms with van der Waals surface area (Å²) in [6.45, 7) is 2.73. The first-order valence-electron chi connectivity index (χ1n) is 7.63. The molecule has 0 bridgehead atoms. The van der Waals surface area contributed by atoms with Crippen molar-refractivity contribution in [2.45, 2.75) is 37.8 Å². The van der Waals surface area contributed by atoms with E-state index in [1.807, 2.05) is 0 Å². The number of ketones is 1. The van der Waals surface area contributed by atoms with Gasteiger partial charge in [-0.15, -0.1) is 0 Å². The summed E-state index contributed by atoms with van der Waals surface area (Å²) in [4.78, 5) is 14.8. The first-order chi connectivity index (χ1) is 10.2. The maximum atomic E-state index is 13.8. The Morgan fingerprint density at radius 1 is 1.14 bits per heavy atom. The third kappa shape index (κ3) is 2.85. The van der Waals surface area contributed by atoms with Crippen molar-refractivity contribution in [1.29, 1.82) is 0 Å². The van der Waals surface area contributed by atoms with E-state index in [4.69, 9.17) is 0 Å². The highest BCUT2D eigenvalue weighted by molar-refractivity contribution is 6.00. The molecular weight excluding hydrogens is 274 g/mol. The van der Waals surface area contributed by atoms with Gasteiger partial charge in [0.15, 0.2) is 5.78 Å². The Labute approximate surface area is 123 Å². The molecular formula is C16H20F2N2O. The van der Waals surface area contributed by atoms with Gasteiger partial charge in [0.1, 0.15) is 11.6 Å². The van der Waals surface area contributed by atoms with Crippen molar-refractivity contribution >= 4 is 5.78 Å².